The van der Waals surface area contributed by atoms with Crippen molar-refractivity contribution in [2.24, 2.45) is 11.8 Å². The van der Waals surface area contributed by atoms with Crippen LogP contribution in [0.25, 0.3) is 0 Å². The molecule has 0 aromatic heterocycles. The topological polar surface area (TPSA) is 17.1 Å². The van der Waals surface area contributed by atoms with Gasteiger partial charge in [-0.1, -0.05) is 31.9 Å². The fourth-order valence-corrected chi connectivity index (χ4v) is 2.73. The zero-order valence-corrected chi connectivity index (χ0v) is 10.8. The van der Waals surface area contributed by atoms with Crippen LogP contribution in [-0.4, -0.2) is 5.78 Å². The lowest BCUT2D eigenvalue weighted by atomic mass is 9.79. The van der Waals surface area contributed by atoms with Gasteiger partial charge in [0, 0.05) is 11.5 Å². The van der Waals surface area contributed by atoms with Crippen LogP contribution in [0.2, 0.25) is 0 Å². The molecule has 1 aromatic rings. The third-order valence-electron chi connectivity index (χ3n) is 3.80. The van der Waals surface area contributed by atoms with Crippen molar-refractivity contribution in [1.29, 1.82) is 0 Å². The van der Waals surface area contributed by atoms with Crippen molar-refractivity contribution in [3.8, 4) is 0 Å². The Bertz CT molecular complexity index is 447. The molecule has 1 fully saturated rings. The van der Waals surface area contributed by atoms with E-state index in [0.29, 0.717) is 11.5 Å². The minimum Gasteiger partial charge on any atom is -0.294 e. The monoisotopic (exact) mass is 270 g/mol. The fourth-order valence-electron chi connectivity index (χ4n) is 2.73. The van der Waals surface area contributed by atoms with Gasteiger partial charge in [0.25, 0.3) is 0 Å². The van der Waals surface area contributed by atoms with Crippen LogP contribution < -0.4 is 0 Å². The fraction of sp³-hybridized carbons (Fsp3) is 0.533. The smallest absolute Gasteiger partial charge is 0.294 e. The van der Waals surface area contributed by atoms with Gasteiger partial charge in [-0.15, -0.1) is 0 Å². The Hall–Kier alpha value is -1.32. The standard InChI is InChI=1S/C15H17F3O/c1-10-3-2-4-12(9-10)14(19)11-5-7-13(8-6-11)15(16,17)18/h5-8,10,12H,2-4,9H2,1H3. The third-order valence-corrected chi connectivity index (χ3v) is 3.80. The molecule has 0 amide bonds. The van der Waals surface area contributed by atoms with Crippen LogP contribution in [-0.2, 0) is 6.18 Å². The van der Waals surface area contributed by atoms with Gasteiger partial charge in [0.2, 0.25) is 0 Å². The maximum Gasteiger partial charge on any atom is 0.416 e. The van der Waals surface area contributed by atoms with Crippen LogP contribution in [0.5, 0.6) is 0 Å². The number of benzene rings is 1. The Kier molecular flexibility index (Phi) is 3.97. The third kappa shape index (κ3) is 3.37. The van der Waals surface area contributed by atoms with Gasteiger partial charge in [-0.2, -0.15) is 13.2 Å². The van der Waals surface area contributed by atoms with Crippen LogP contribution in [0.3, 0.4) is 0 Å². The number of rotatable bonds is 2. The maximum absolute atomic E-state index is 12.4. The van der Waals surface area contributed by atoms with Crippen LogP contribution in [0.15, 0.2) is 24.3 Å². The molecule has 4 heteroatoms. The van der Waals surface area contributed by atoms with Crippen molar-refractivity contribution in [2.45, 2.75) is 38.8 Å². The molecule has 1 aliphatic rings. The molecule has 1 saturated carbocycles. The first-order valence-corrected chi connectivity index (χ1v) is 6.59. The van der Waals surface area contributed by atoms with Gasteiger partial charge in [0.15, 0.2) is 5.78 Å². The first-order valence-electron chi connectivity index (χ1n) is 6.59. The summed E-state index contributed by atoms with van der Waals surface area (Å²) >= 11 is 0. The highest BCUT2D eigenvalue weighted by atomic mass is 19.4. The normalized spacial score (nSPS) is 24.2. The zero-order chi connectivity index (χ0) is 14.0. The molecule has 0 radical (unpaired) electrons. The Balaban J connectivity index is 2.11. The molecule has 19 heavy (non-hydrogen) atoms. The number of ketones is 1. The predicted octanol–water partition coefficient (Wildman–Crippen LogP) is 4.71. The first-order chi connectivity index (χ1) is 8.88. The molecule has 0 spiro atoms. The summed E-state index contributed by atoms with van der Waals surface area (Å²) in [6.45, 7) is 2.12. The van der Waals surface area contributed by atoms with Crippen molar-refractivity contribution in [3.05, 3.63) is 35.4 Å². The second-order valence-electron chi connectivity index (χ2n) is 5.41. The Morgan fingerprint density at radius 3 is 2.32 bits per heavy atom. The first kappa shape index (κ1) is 14.1. The van der Waals surface area contributed by atoms with E-state index in [1.165, 1.54) is 12.1 Å². The van der Waals surface area contributed by atoms with Crippen molar-refractivity contribution in [1.82, 2.24) is 0 Å². The maximum atomic E-state index is 12.4. The molecule has 2 unspecified atom stereocenters. The largest absolute Gasteiger partial charge is 0.416 e. The lowest BCUT2D eigenvalue weighted by Crippen LogP contribution is -2.22. The SMILES string of the molecule is CC1CCCC(C(=O)c2ccc(C(F)(F)F)cc2)C1. The molecule has 2 rings (SSSR count). The van der Waals surface area contributed by atoms with E-state index < -0.39 is 11.7 Å². The summed E-state index contributed by atoms with van der Waals surface area (Å²) < 4.78 is 37.3. The highest BCUT2D eigenvalue weighted by Crippen LogP contribution is 2.32. The molecular formula is C15H17F3O. The molecule has 1 nitrogen and oxygen atoms in total. The van der Waals surface area contributed by atoms with E-state index in [4.69, 9.17) is 0 Å². The highest BCUT2D eigenvalue weighted by molar-refractivity contribution is 5.97. The number of Topliss-reactive ketones (excluding diaryl/α,β-unsaturated/α-hetero) is 1. The van der Waals surface area contributed by atoms with E-state index >= 15 is 0 Å². The minimum absolute atomic E-state index is 0.0136. The Labute approximate surface area is 110 Å². The van der Waals surface area contributed by atoms with E-state index in [9.17, 15) is 18.0 Å². The van der Waals surface area contributed by atoms with Crippen LogP contribution >= 0.6 is 0 Å². The molecule has 1 aromatic carbocycles. The van der Waals surface area contributed by atoms with Crippen LogP contribution in [0.4, 0.5) is 13.2 Å². The zero-order valence-electron chi connectivity index (χ0n) is 10.8. The number of carbonyl (C=O) groups excluding carboxylic acids is 1. The second kappa shape index (κ2) is 5.35. The molecule has 0 N–H and O–H groups in total. The Morgan fingerprint density at radius 1 is 1.16 bits per heavy atom. The van der Waals surface area contributed by atoms with Crippen molar-refractivity contribution in [3.63, 3.8) is 0 Å². The van der Waals surface area contributed by atoms with E-state index in [1.807, 2.05) is 0 Å². The highest BCUT2D eigenvalue weighted by Gasteiger charge is 2.31. The van der Waals surface area contributed by atoms with Gasteiger partial charge < -0.3 is 0 Å². The van der Waals surface area contributed by atoms with E-state index in [1.54, 1.807) is 0 Å². The van der Waals surface area contributed by atoms with Crippen molar-refractivity contribution >= 4 is 5.78 Å². The van der Waals surface area contributed by atoms with E-state index in [-0.39, 0.29) is 11.7 Å². The molecule has 0 saturated heterocycles. The van der Waals surface area contributed by atoms with Gasteiger partial charge in [-0.05, 0) is 30.9 Å². The lowest BCUT2D eigenvalue weighted by molar-refractivity contribution is -0.137. The summed E-state index contributed by atoms with van der Waals surface area (Å²) in [5.74, 6) is 0.484. The summed E-state index contributed by atoms with van der Waals surface area (Å²) in [6, 6.07) is 4.56. The average molecular weight is 270 g/mol. The van der Waals surface area contributed by atoms with Crippen molar-refractivity contribution in [2.75, 3.05) is 0 Å². The predicted molar refractivity (Wildman–Crippen MR) is 66.9 cm³/mol. The molecular weight excluding hydrogens is 253 g/mol. The summed E-state index contributed by atoms with van der Waals surface area (Å²) in [6.07, 6.45) is -0.486. The summed E-state index contributed by atoms with van der Waals surface area (Å²) in [5.41, 5.74) is -0.312. The number of hydrogen-bond donors (Lipinski definition) is 0. The van der Waals surface area contributed by atoms with Crippen molar-refractivity contribution < 1.29 is 18.0 Å². The van der Waals surface area contributed by atoms with Gasteiger partial charge in [0.05, 0.1) is 5.56 Å². The lowest BCUT2D eigenvalue weighted by Gasteiger charge is -2.25. The molecule has 0 bridgehead atoms. The minimum atomic E-state index is -4.35. The van der Waals surface area contributed by atoms with E-state index in [2.05, 4.69) is 6.92 Å². The van der Waals surface area contributed by atoms with Crippen LogP contribution in [0, 0.1) is 11.8 Å². The van der Waals surface area contributed by atoms with E-state index in [0.717, 1.165) is 37.8 Å². The van der Waals surface area contributed by atoms with Gasteiger partial charge in [-0.3, -0.25) is 4.79 Å². The molecule has 0 heterocycles. The molecule has 1 aliphatic carbocycles. The number of hydrogen-bond acceptors (Lipinski definition) is 1. The van der Waals surface area contributed by atoms with Gasteiger partial charge in [-0.25, -0.2) is 0 Å². The number of alkyl halides is 3. The van der Waals surface area contributed by atoms with Gasteiger partial charge in [0.1, 0.15) is 0 Å². The number of halogens is 3. The number of carbonyl (C=O) groups is 1. The summed E-state index contributed by atoms with van der Waals surface area (Å²) in [4.78, 5) is 12.2. The molecule has 2 atom stereocenters. The quantitative estimate of drug-likeness (QED) is 0.711. The average Bonchev–Trinajstić information content (AvgIpc) is 2.37. The summed E-state index contributed by atoms with van der Waals surface area (Å²) in [7, 11) is 0. The second-order valence-corrected chi connectivity index (χ2v) is 5.41. The summed E-state index contributed by atoms with van der Waals surface area (Å²) in [5, 5.41) is 0. The Morgan fingerprint density at radius 2 is 1.79 bits per heavy atom. The molecule has 104 valence electrons. The molecule has 0 aliphatic heterocycles. The van der Waals surface area contributed by atoms with Gasteiger partial charge >= 0.3 is 6.18 Å². The van der Waals surface area contributed by atoms with Crippen LogP contribution in [0.1, 0.15) is 48.5 Å².